The Kier molecular flexibility index (Phi) is 3.60. The number of amides is 1. The first-order valence-corrected chi connectivity index (χ1v) is 9.96. The highest BCUT2D eigenvalue weighted by Crippen LogP contribution is 2.56. The van der Waals surface area contributed by atoms with Gasteiger partial charge < -0.3 is 9.64 Å². The second kappa shape index (κ2) is 5.73. The van der Waals surface area contributed by atoms with Crippen molar-refractivity contribution < 1.29 is 9.53 Å². The van der Waals surface area contributed by atoms with Crippen molar-refractivity contribution in [2.24, 2.45) is 5.92 Å². The summed E-state index contributed by atoms with van der Waals surface area (Å²) < 4.78 is 5.43. The lowest BCUT2D eigenvalue weighted by molar-refractivity contribution is -0.138. The number of benzene rings is 1. The van der Waals surface area contributed by atoms with Crippen LogP contribution in [0.15, 0.2) is 24.3 Å². The second-order valence-electron chi connectivity index (χ2n) is 8.34. The maximum Gasteiger partial charge on any atom is 0.243 e. The SMILES string of the molecule is COc1cccc([C@@H]2C[C@H]3CN(C4CCCC4)C(=O)[C@]34CCCN24)c1. The molecule has 1 spiro atoms. The molecule has 4 aliphatic rings. The highest BCUT2D eigenvalue weighted by atomic mass is 16.5. The maximum absolute atomic E-state index is 13.5. The van der Waals surface area contributed by atoms with E-state index in [9.17, 15) is 4.79 Å². The smallest absolute Gasteiger partial charge is 0.243 e. The molecule has 1 aromatic carbocycles. The van der Waals surface area contributed by atoms with Crippen LogP contribution in [0.3, 0.4) is 0 Å². The molecule has 1 amide bonds. The number of hydrogen-bond donors (Lipinski definition) is 0. The van der Waals surface area contributed by atoms with Gasteiger partial charge in [0.1, 0.15) is 11.3 Å². The van der Waals surface area contributed by atoms with Crippen molar-refractivity contribution in [3.63, 3.8) is 0 Å². The second-order valence-corrected chi connectivity index (χ2v) is 8.34. The Morgan fingerprint density at radius 3 is 2.84 bits per heavy atom. The minimum atomic E-state index is -0.198. The molecule has 3 atom stereocenters. The topological polar surface area (TPSA) is 32.8 Å². The van der Waals surface area contributed by atoms with Gasteiger partial charge in [0.05, 0.1) is 7.11 Å². The predicted octanol–water partition coefficient (Wildman–Crippen LogP) is 3.38. The van der Waals surface area contributed by atoms with Gasteiger partial charge in [-0.2, -0.15) is 0 Å². The van der Waals surface area contributed by atoms with Crippen molar-refractivity contribution in [1.82, 2.24) is 9.80 Å². The lowest BCUT2D eigenvalue weighted by Gasteiger charge is -2.35. The molecule has 4 fully saturated rings. The Balaban J connectivity index is 1.46. The minimum Gasteiger partial charge on any atom is -0.497 e. The normalized spacial score (nSPS) is 35.4. The number of carbonyl (C=O) groups excluding carboxylic acids is 1. The molecule has 0 aromatic heterocycles. The Morgan fingerprint density at radius 2 is 2.04 bits per heavy atom. The Morgan fingerprint density at radius 1 is 1.20 bits per heavy atom. The fraction of sp³-hybridized carbons (Fsp3) is 0.667. The molecule has 1 aliphatic carbocycles. The molecule has 3 heterocycles. The first kappa shape index (κ1) is 15.7. The monoisotopic (exact) mass is 340 g/mol. The third-order valence-electron chi connectivity index (χ3n) is 7.32. The summed E-state index contributed by atoms with van der Waals surface area (Å²) in [5, 5.41) is 0. The van der Waals surface area contributed by atoms with E-state index >= 15 is 0 Å². The van der Waals surface area contributed by atoms with E-state index < -0.39 is 0 Å². The molecule has 3 aliphatic heterocycles. The zero-order valence-corrected chi connectivity index (χ0v) is 15.1. The number of nitrogens with zero attached hydrogens (tertiary/aromatic N) is 2. The van der Waals surface area contributed by atoms with Crippen molar-refractivity contribution >= 4 is 5.91 Å². The van der Waals surface area contributed by atoms with Gasteiger partial charge in [0.15, 0.2) is 0 Å². The molecule has 0 bridgehead atoms. The number of carbonyl (C=O) groups is 1. The molecule has 3 saturated heterocycles. The number of hydrogen-bond acceptors (Lipinski definition) is 3. The summed E-state index contributed by atoms with van der Waals surface area (Å²) in [4.78, 5) is 18.4. The molecule has 0 N–H and O–H groups in total. The van der Waals surface area contributed by atoms with Crippen LogP contribution in [-0.2, 0) is 4.79 Å². The van der Waals surface area contributed by atoms with Gasteiger partial charge in [-0.25, -0.2) is 0 Å². The van der Waals surface area contributed by atoms with Gasteiger partial charge in [-0.15, -0.1) is 0 Å². The molecule has 4 heteroatoms. The molecule has 25 heavy (non-hydrogen) atoms. The van der Waals surface area contributed by atoms with E-state index in [2.05, 4.69) is 28.0 Å². The summed E-state index contributed by atoms with van der Waals surface area (Å²) in [7, 11) is 1.73. The molecule has 1 saturated carbocycles. The van der Waals surface area contributed by atoms with Crippen LogP contribution in [0.25, 0.3) is 0 Å². The number of ether oxygens (including phenoxy) is 1. The molecule has 4 nitrogen and oxygen atoms in total. The van der Waals surface area contributed by atoms with Gasteiger partial charge in [-0.3, -0.25) is 9.69 Å². The van der Waals surface area contributed by atoms with Gasteiger partial charge in [0.25, 0.3) is 0 Å². The van der Waals surface area contributed by atoms with E-state index in [0.717, 1.165) is 38.1 Å². The zero-order valence-electron chi connectivity index (χ0n) is 15.1. The summed E-state index contributed by atoms with van der Waals surface area (Å²) in [6.07, 6.45) is 8.34. The Hall–Kier alpha value is -1.55. The summed E-state index contributed by atoms with van der Waals surface area (Å²) in [6.45, 7) is 2.04. The zero-order chi connectivity index (χ0) is 17.0. The predicted molar refractivity (Wildman–Crippen MR) is 96.5 cm³/mol. The van der Waals surface area contributed by atoms with Crippen LogP contribution in [0.2, 0.25) is 0 Å². The van der Waals surface area contributed by atoms with Crippen LogP contribution in [-0.4, -0.2) is 47.5 Å². The van der Waals surface area contributed by atoms with Crippen LogP contribution < -0.4 is 4.74 Å². The van der Waals surface area contributed by atoms with E-state index in [1.165, 1.54) is 31.2 Å². The van der Waals surface area contributed by atoms with Gasteiger partial charge in [-0.05, 0) is 56.3 Å². The van der Waals surface area contributed by atoms with Crippen molar-refractivity contribution in [2.75, 3.05) is 20.2 Å². The molecular formula is C21H28N2O2. The first-order chi connectivity index (χ1) is 12.2. The van der Waals surface area contributed by atoms with Gasteiger partial charge in [0.2, 0.25) is 5.91 Å². The molecular weight excluding hydrogens is 312 g/mol. The molecule has 5 rings (SSSR count). The van der Waals surface area contributed by atoms with Crippen molar-refractivity contribution in [1.29, 1.82) is 0 Å². The first-order valence-electron chi connectivity index (χ1n) is 9.96. The highest BCUT2D eigenvalue weighted by molar-refractivity contribution is 5.90. The lowest BCUT2D eigenvalue weighted by Crippen LogP contribution is -2.51. The number of rotatable bonds is 3. The van der Waals surface area contributed by atoms with Crippen LogP contribution in [0, 0.1) is 5.92 Å². The van der Waals surface area contributed by atoms with E-state index in [0.29, 0.717) is 23.9 Å². The van der Waals surface area contributed by atoms with Crippen molar-refractivity contribution in [3.8, 4) is 5.75 Å². The third-order valence-corrected chi connectivity index (χ3v) is 7.32. The molecule has 1 aromatic rings. The minimum absolute atomic E-state index is 0.198. The fourth-order valence-corrected chi connectivity index (χ4v) is 6.22. The largest absolute Gasteiger partial charge is 0.497 e. The average Bonchev–Trinajstić information content (AvgIpc) is 3.38. The summed E-state index contributed by atoms with van der Waals surface area (Å²) in [5.41, 5.74) is 1.12. The van der Waals surface area contributed by atoms with Gasteiger partial charge in [0, 0.05) is 24.5 Å². The van der Waals surface area contributed by atoms with E-state index in [-0.39, 0.29) is 5.54 Å². The van der Waals surface area contributed by atoms with Crippen molar-refractivity contribution in [3.05, 3.63) is 29.8 Å². The molecule has 0 radical (unpaired) electrons. The van der Waals surface area contributed by atoms with Crippen LogP contribution >= 0.6 is 0 Å². The van der Waals surface area contributed by atoms with Crippen molar-refractivity contribution in [2.45, 2.75) is 62.6 Å². The number of likely N-dealkylation sites (tertiary alicyclic amines) is 1. The summed E-state index contributed by atoms with van der Waals surface area (Å²) in [6, 6.07) is 9.35. The average molecular weight is 340 g/mol. The summed E-state index contributed by atoms with van der Waals surface area (Å²) >= 11 is 0. The summed E-state index contributed by atoms with van der Waals surface area (Å²) in [5.74, 6) is 1.87. The highest BCUT2D eigenvalue weighted by Gasteiger charge is 2.65. The lowest BCUT2D eigenvalue weighted by atomic mass is 9.85. The van der Waals surface area contributed by atoms with E-state index in [1.54, 1.807) is 7.11 Å². The van der Waals surface area contributed by atoms with Crippen LogP contribution in [0.5, 0.6) is 5.75 Å². The van der Waals surface area contributed by atoms with Crippen LogP contribution in [0.1, 0.15) is 56.6 Å². The third kappa shape index (κ3) is 2.13. The Labute approximate surface area is 150 Å². The quantitative estimate of drug-likeness (QED) is 0.846. The standard InChI is InChI=1S/C21H28N2O2/c1-25-18-9-4-6-15(12-18)19-13-16-14-22(17-7-2-3-8-17)20(24)21(16)10-5-11-23(19)21/h4,6,9,12,16-17,19H,2-3,5,7-8,10-11,13-14H2,1H3/t16-,19-,21-/m0/s1. The van der Waals surface area contributed by atoms with Crippen LogP contribution in [0.4, 0.5) is 0 Å². The van der Waals surface area contributed by atoms with E-state index in [4.69, 9.17) is 4.74 Å². The number of methoxy groups -OCH3 is 1. The van der Waals surface area contributed by atoms with Gasteiger partial charge >= 0.3 is 0 Å². The van der Waals surface area contributed by atoms with Gasteiger partial charge in [-0.1, -0.05) is 25.0 Å². The molecule has 0 unspecified atom stereocenters. The fourth-order valence-electron chi connectivity index (χ4n) is 6.22. The Bertz CT molecular complexity index is 684. The van der Waals surface area contributed by atoms with E-state index in [1.807, 2.05) is 6.07 Å². The molecule has 134 valence electrons. The maximum atomic E-state index is 13.5.